The van der Waals surface area contributed by atoms with Gasteiger partial charge < -0.3 is 40.2 Å². The summed E-state index contributed by atoms with van der Waals surface area (Å²) in [6.45, 7) is 25.8. The van der Waals surface area contributed by atoms with Gasteiger partial charge in [-0.15, -0.1) is 20.4 Å². The minimum absolute atomic E-state index is 0.0232. The van der Waals surface area contributed by atoms with E-state index in [9.17, 15) is 33.6 Å². The van der Waals surface area contributed by atoms with Crippen LogP contribution in [0.15, 0.2) is 128 Å². The van der Waals surface area contributed by atoms with Gasteiger partial charge in [0.05, 0.1) is 83.1 Å². The molecule has 0 aliphatic rings. The molecule has 0 saturated carbocycles. The Labute approximate surface area is 563 Å². The minimum atomic E-state index is -1.14. The molecule has 8 rings (SSSR count). The maximum atomic E-state index is 13.2. The lowest BCUT2D eigenvalue weighted by molar-refractivity contribution is -0.118. The van der Waals surface area contributed by atoms with Gasteiger partial charge in [0.25, 0.3) is 0 Å². The predicted molar refractivity (Wildman–Crippen MR) is 361 cm³/mol. The van der Waals surface area contributed by atoms with Crippen LogP contribution >= 0.6 is 0 Å². The lowest BCUT2D eigenvalue weighted by Gasteiger charge is -2.32. The molecule has 0 saturated heterocycles. The van der Waals surface area contributed by atoms with Crippen LogP contribution < -0.4 is 21.3 Å². The second-order valence-corrected chi connectivity index (χ2v) is 28.1. The van der Waals surface area contributed by atoms with Crippen LogP contribution in [0.4, 0.5) is 22.7 Å². The van der Waals surface area contributed by atoms with Crippen molar-refractivity contribution in [1.82, 2.24) is 60.0 Å². The summed E-state index contributed by atoms with van der Waals surface area (Å²) in [7, 11) is 0. The molecular weight excluding hydrogens is 1240 g/mol. The number of Topliss-reactive ketones (excluding diaryl/α,β-unsaturated/α-hetero) is 3. The number of ketones is 3. The van der Waals surface area contributed by atoms with Crippen molar-refractivity contribution in [3.05, 3.63) is 173 Å². The summed E-state index contributed by atoms with van der Waals surface area (Å²) in [5.74, 6) is -1.55. The fourth-order valence-corrected chi connectivity index (χ4v) is 9.66. The van der Waals surface area contributed by atoms with Crippen molar-refractivity contribution in [2.45, 2.75) is 136 Å². The van der Waals surface area contributed by atoms with Crippen molar-refractivity contribution < 1.29 is 52.5 Å². The third-order valence-electron chi connectivity index (χ3n) is 15.0. The van der Waals surface area contributed by atoms with Crippen LogP contribution in [0.1, 0.15) is 142 Å². The maximum Gasteiger partial charge on any atom is 0.246 e. The molecule has 512 valence electrons. The van der Waals surface area contributed by atoms with Gasteiger partial charge in [-0.05, 0) is 101 Å². The Morgan fingerprint density at radius 3 is 0.763 bits per heavy atom. The number of carbonyl (C=O) groups excluding carboxylic acids is 7. The Morgan fingerprint density at radius 2 is 0.557 bits per heavy atom. The van der Waals surface area contributed by atoms with Crippen molar-refractivity contribution >= 4 is 69.3 Å². The lowest BCUT2D eigenvalue weighted by Crippen LogP contribution is -2.41. The van der Waals surface area contributed by atoms with Gasteiger partial charge in [0.15, 0.2) is 17.3 Å². The molecule has 0 unspecified atom stereocenters. The molecule has 0 aliphatic carbocycles. The van der Waals surface area contributed by atoms with Crippen LogP contribution in [-0.4, -0.2) is 127 Å². The van der Waals surface area contributed by atoms with E-state index in [0.717, 1.165) is 11.1 Å². The zero-order valence-corrected chi connectivity index (χ0v) is 57.1. The molecule has 0 spiro atoms. The molecule has 0 fully saturated rings. The maximum absolute atomic E-state index is 13.2. The number of nitrogens with one attached hydrogen (secondary N) is 4. The van der Waals surface area contributed by atoms with Gasteiger partial charge in [-0.25, -0.2) is 18.7 Å². The van der Waals surface area contributed by atoms with Crippen molar-refractivity contribution in [2.75, 3.05) is 47.7 Å². The number of nitrogens with zero attached hydrogens (tertiary/aromatic N) is 12. The molecule has 4 amide bonds. The highest BCUT2D eigenvalue weighted by Crippen LogP contribution is 2.33. The second-order valence-electron chi connectivity index (χ2n) is 28.1. The first kappa shape index (κ1) is 72.7. The normalized spacial score (nSPS) is 12.1. The minimum Gasteiger partial charge on any atom is -0.374 e. The number of aromatic nitrogens is 12. The summed E-state index contributed by atoms with van der Waals surface area (Å²) in [5, 5.41) is 45.1. The average molecular weight is 1330 g/mol. The predicted octanol–water partition coefficient (Wildman–Crippen LogP) is 9.51. The number of carbonyl (C=O) groups is 7. The zero-order chi connectivity index (χ0) is 70.3. The number of benzene rings is 4. The first-order valence-electron chi connectivity index (χ1n) is 31.6. The Balaban J connectivity index is 0.960. The largest absolute Gasteiger partial charge is 0.374 e. The summed E-state index contributed by atoms with van der Waals surface area (Å²) in [6, 6.07) is 27.5. The van der Waals surface area contributed by atoms with E-state index in [4.69, 9.17) is 18.9 Å². The van der Waals surface area contributed by atoms with E-state index in [1.54, 1.807) is 97.6 Å². The van der Waals surface area contributed by atoms with Crippen molar-refractivity contribution in [2.24, 2.45) is 27.1 Å². The summed E-state index contributed by atoms with van der Waals surface area (Å²) in [6.07, 6.45) is 6.32. The molecule has 4 N–H and O–H groups in total. The summed E-state index contributed by atoms with van der Waals surface area (Å²) >= 11 is 0. The zero-order valence-electron chi connectivity index (χ0n) is 57.1. The monoisotopic (exact) mass is 1330 g/mol. The molecule has 27 heteroatoms. The first-order valence-corrected chi connectivity index (χ1v) is 31.6. The Bertz CT molecular complexity index is 3520. The summed E-state index contributed by atoms with van der Waals surface area (Å²) in [4.78, 5) is 91.1. The van der Waals surface area contributed by atoms with Crippen molar-refractivity contribution in [3.63, 3.8) is 0 Å². The molecule has 0 aliphatic heterocycles. The van der Waals surface area contributed by atoms with Crippen LogP contribution in [0.2, 0.25) is 0 Å². The SMILES string of the molecule is C=C(c1ccc(NC(=O)Cn2cc(COCC(COCc3cn(CC(=O)Nc4ccc(C(=O)C(C)(C)C)cc4)nn3)(COCc3cn(CC(=O)Nc4ccc(C(=O)C(C)(C)C)cc4)nn3)COCc3cn(CC(=O)Nc4ccc(C(=O)C(C)(C)C)cc4)nn3)nn2)cc1)C(C)(C)C. The van der Waals surface area contributed by atoms with Gasteiger partial charge in [-0.1, -0.05) is 123 Å². The van der Waals surface area contributed by atoms with E-state index in [1.807, 2.05) is 86.6 Å². The summed E-state index contributed by atoms with van der Waals surface area (Å²) < 4.78 is 31.1. The van der Waals surface area contributed by atoms with E-state index in [0.29, 0.717) is 62.2 Å². The van der Waals surface area contributed by atoms with Gasteiger partial charge >= 0.3 is 0 Å². The van der Waals surface area contributed by atoms with E-state index < -0.39 is 21.7 Å². The van der Waals surface area contributed by atoms with Gasteiger partial charge in [-0.3, -0.25) is 33.6 Å². The van der Waals surface area contributed by atoms with E-state index in [-0.39, 0.29) is 125 Å². The molecule has 0 bridgehead atoms. The number of amides is 4. The fourth-order valence-electron chi connectivity index (χ4n) is 9.66. The summed E-state index contributed by atoms with van der Waals surface area (Å²) in [5.41, 5.74) is 4.25. The Hall–Kier alpha value is -10.1. The first-order chi connectivity index (χ1) is 45.7. The number of anilines is 4. The molecule has 0 atom stereocenters. The van der Waals surface area contributed by atoms with Crippen LogP contribution in [0, 0.1) is 27.1 Å². The number of hydrogen-bond acceptors (Lipinski definition) is 19. The molecule has 4 aromatic heterocycles. The van der Waals surface area contributed by atoms with Gasteiger partial charge in [0.2, 0.25) is 23.6 Å². The Kier molecular flexibility index (Phi) is 23.7. The third-order valence-corrected chi connectivity index (χ3v) is 15.0. The topological polar surface area (TPSA) is 327 Å². The molecular formula is C70H86N16O11. The standard InChI is InChI=1S/C70H86N16O11/c1-46(66(2,3)4)47-14-22-51(23-15-47)71-59(87)34-83-30-55(75-79-83)38-94-42-70(43-95-39-56-31-84(80-76-56)35-60(88)72-52-24-16-48(17-25-52)63(91)67(5,6)7,44-96-40-57-32-85(81-77-57)36-61(89)73-53-26-18-49(19-27-53)64(92)68(8,9)10)45-97-41-58-33-86(82-78-58)37-62(90)74-54-28-20-50(21-29-54)65(93)69(11,12)13/h14-33H,1,34-45H2,2-13H3,(H,71,87)(H,72,88)(H,73,89)(H,74,90). The van der Waals surface area contributed by atoms with Crippen molar-refractivity contribution in [1.29, 1.82) is 0 Å². The number of allylic oxidation sites excluding steroid dienone is 1. The third kappa shape index (κ3) is 22.0. The Morgan fingerprint density at radius 1 is 0.340 bits per heavy atom. The fraction of sp³-hybridized carbons (Fsp3) is 0.414. The van der Waals surface area contributed by atoms with Crippen LogP contribution in [0.3, 0.4) is 0 Å². The second kappa shape index (κ2) is 31.6. The molecule has 8 aromatic rings. The number of rotatable bonds is 32. The van der Waals surface area contributed by atoms with E-state index >= 15 is 0 Å². The molecule has 0 radical (unpaired) electrons. The van der Waals surface area contributed by atoms with Crippen LogP contribution in [0.5, 0.6) is 0 Å². The quantitative estimate of drug-likeness (QED) is 0.0285. The average Bonchev–Trinajstić information content (AvgIpc) is 1.86. The molecule has 27 nitrogen and oxygen atoms in total. The van der Waals surface area contributed by atoms with Crippen molar-refractivity contribution in [3.8, 4) is 0 Å². The van der Waals surface area contributed by atoms with Gasteiger partial charge in [0.1, 0.15) is 49.0 Å². The van der Waals surface area contributed by atoms with Gasteiger partial charge in [0, 0.05) is 55.7 Å². The van der Waals surface area contributed by atoms with E-state index in [2.05, 4.69) is 89.9 Å². The van der Waals surface area contributed by atoms with Crippen LogP contribution in [-0.2, 0) is 90.7 Å². The molecule has 4 heterocycles. The molecule has 97 heavy (non-hydrogen) atoms. The van der Waals surface area contributed by atoms with E-state index in [1.165, 1.54) is 18.7 Å². The van der Waals surface area contributed by atoms with Gasteiger partial charge in [-0.2, -0.15) is 0 Å². The smallest absolute Gasteiger partial charge is 0.246 e. The number of ether oxygens (including phenoxy) is 4. The lowest BCUT2D eigenvalue weighted by atomic mass is 9.83. The highest BCUT2D eigenvalue weighted by atomic mass is 16.5. The highest BCUT2D eigenvalue weighted by Gasteiger charge is 2.34. The highest BCUT2D eigenvalue weighted by molar-refractivity contribution is 6.02. The van der Waals surface area contributed by atoms with Crippen LogP contribution in [0.25, 0.3) is 5.57 Å². The molecule has 4 aromatic carbocycles. The number of hydrogen-bond donors (Lipinski definition) is 4.